The van der Waals surface area contributed by atoms with E-state index >= 15 is 0 Å². The Bertz CT molecular complexity index is 4160. The van der Waals surface area contributed by atoms with Gasteiger partial charge in [0.25, 0.3) is 0 Å². The number of benzene rings is 10. The van der Waals surface area contributed by atoms with Crippen LogP contribution in [0.5, 0.6) is 0 Å². The van der Waals surface area contributed by atoms with Crippen molar-refractivity contribution >= 4 is 43.6 Å². The Hall–Kier alpha value is -9.12. The molecule has 71 heavy (non-hydrogen) atoms. The van der Waals surface area contributed by atoms with Crippen LogP contribution < -0.4 is 0 Å². The minimum Gasteiger partial charge on any atom is -0.309 e. The Morgan fingerprint density at radius 2 is 0.789 bits per heavy atom. The molecular weight excluding hydrogens is 861 g/mol. The molecule has 0 spiro atoms. The van der Waals surface area contributed by atoms with Crippen molar-refractivity contribution in [1.82, 2.24) is 19.1 Å². The minimum absolute atomic E-state index is 0.139. The standard InChI is InChI=1S/C67H46N4/c1-67(2)58-27-14-12-25-52(58)54-40-57-56-39-48(46-21-16-22-49(37-46)66-68-60(44-17-6-3-7-18-44)42-61(69-66)45-19-8-4-9-20-45)32-36-64(56)71(65(57)41-59(54)67)51-33-29-43(30-34-51)47-31-35-63-55(38-47)53-26-13-15-28-62(53)70(63)50-23-10-5-11-24-50/h3-42H,1-2H3. The van der Waals surface area contributed by atoms with E-state index in [1.807, 2.05) is 12.1 Å². The molecule has 1 aliphatic carbocycles. The van der Waals surface area contributed by atoms with Gasteiger partial charge in [-0.1, -0.05) is 178 Å². The van der Waals surface area contributed by atoms with E-state index in [4.69, 9.17) is 9.97 Å². The van der Waals surface area contributed by atoms with Gasteiger partial charge < -0.3 is 9.13 Å². The highest BCUT2D eigenvalue weighted by Crippen LogP contribution is 2.51. The maximum absolute atomic E-state index is 5.17. The Labute approximate surface area is 412 Å². The van der Waals surface area contributed by atoms with Gasteiger partial charge >= 0.3 is 0 Å². The zero-order valence-electron chi connectivity index (χ0n) is 39.4. The number of rotatable bonds is 7. The second kappa shape index (κ2) is 16.0. The number of fused-ring (bicyclic) bond motifs is 9. The highest BCUT2D eigenvalue weighted by atomic mass is 15.0. The van der Waals surface area contributed by atoms with Crippen molar-refractivity contribution in [1.29, 1.82) is 0 Å². The van der Waals surface area contributed by atoms with Gasteiger partial charge in [0.15, 0.2) is 5.82 Å². The number of hydrogen-bond donors (Lipinski definition) is 0. The number of aromatic nitrogens is 4. The smallest absolute Gasteiger partial charge is 0.160 e. The molecule has 0 N–H and O–H groups in total. The maximum Gasteiger partial charge on any atom is 0.160 e. The maximum atomic E-state index is 5.17. The van der Waals surface area contributed by atoms with E-state index in [0.29, 0.717) is 5.82 Å². The zero-order chi connectivity index (χ0) is 47.2. The number of nitrogens with zero attached hydrogens (tertiary/aromatic N) is 4. The molecule has 0 saturated heterocycles. The van der Waals surface area contributed by atoms with Crippen molar-refractivity contribution in [2.45, 2.75) is 19.3 Å². The molecule has 1 aliphatic rings. The van der Waals surface area contributed by atoms with Gasteiger partial charge in [-0.2, -0.15) is 0 Å². The van der Waals surface area contributed by atoms with E-state index in [-0.39, 0.29) is 5.41 Å². The van der Waals surface area contributed by atoms with Crippen LogP contribution in [0.4, 0.5) is 0 Å². The molecule has 3 aromatic heterocycles. The van der Waals surface area contributed by atoms with Crippen LogP contribution in [0.1, 0.15) is 25.0 Å². The largest absolute Gasteiger partial charge is 0.309 e. The Balaban J connectivity index is 0.903. The van der Waals surface area contributed by atoms with Crippen molar-refractivity contribution in [2.75, 3.05) is 0 Å². The van der Waals surface area contributed by atoms with Crippen LogP contribution in [0.2, 0.25) is 0 Å². The third kappa shape index (κ3) is 6.60. The lowest BCUT2D eigenvalue weighted by molar-refractivity contribution is 0.661. The first kappa shape index (κ1) is 40.9. The first-order valence-electron chi connectivity index (χ1n) is 24.5. The van der Waals surface area contributed by atoms with Crippen LogP contribution in [0.25, 0.3) is 122 Å². The molecule has 0 atom stereocenters. The SMILES string of the molecule is CC1(C)c2ccccc2-c2cc3c4cc(-c5cccc(-c6nc(-c7ccccc7)cc(-c7ccccc7)n6)c5)ccc4n(-c4ccc(-c5ccc6c(c5)c5ccccc5n6-c5ccccc5)cc4)c3cc21. The van der Waals surface area contributed by atoms with Gasteiger partial charge in [0, 0.05) is 55.0 Å². The molecule has 14 rings (SSSR count). The second-order valence-corrected chi connectivity index (χ2v) is 19.4. The van der Waals surface area contributed by atoms with E-state index in [1.165, 1.54) is 77.0 Å². The lowest BCUT2D eigenvalue weighted by Gasteiger charge is -2.21. The van der Waals surface area contributed by atoms with Crippen molar-refractivity contribution in [3.63, 3.8) is 0 Å². The Morgan fingerprint density at radius 1 is 0.296 bits per heavy atom. The fourth-order valence-corrected chi connectivity index (χ4v) is 11.4. The predicted molar refractivity (Wildman–Crippen MR) is 295 cm³/mol. The third-order valence-electron chi connectivity index (χ3n) is 14.9. The van der Waals surface area contributed by atoms with Crippen LogP contribution in [0, 0.1) is 0 Å². The second-order valence-electron chi connectivity index (χ2n) is 19.4. The quantitative estimate of drug-likeness (QED) is 0.160. The summed E-state index contributed by atoms with van der Waals surface area (Å²) in [4.78, 5) is 10.3. The van der Waals surface area contributed by atoms with Crippen molar-refractivity contribution in [3.8, 4) is 78.7 Å². The molecule has 0 aliphatic heterocycles. The summed E-state index contributed by atoms with van der Waals surface area (Å²) in [7, 11) is 0. The van der Waals surface area contributed by atoms with E-state index in [1.54, 1.807) is 0 Å². The average Bonchev–Trinajstić information content (AvgIpc) is 4.03. The van der Waals surface area contributed by atoms with Crippen LogP contribution in [-0.4, -0.2) is 19.1 Å². The predicted octanol–water partition coefficient (Wildman–Crippen LogP) is 17.3. The molecule has 4 nitrogen and oxygen atoms in total. The average molecular weight is 907 g/mol. The topological polar surface area (TPSA) is 35.6 Å². The van der Waals surface area contributed by atoms with Crippen LogP contribution in [0.15, 0.2) is 243 Å². The summed E-state index contributed by atoms with van der Waals surface area (Å²) >= 11 is 0. The number of hydrogen-bond acceptors (Lipinski definition) is 2. The van der Waals surface area contributed by atoms with Gasteiger partial charge in [0.2, 0.25) is 0 Å². The minimum atomic E-state index is -0.139. The monoisotopic (exact) mass is 906 g/mol. The fourth-order valence-electron chi connectivity index (χ4n) is 11.4. The molecule has 0 saturated carbocycles. The zero-order valence-corrected chi connectivity index (χ0v) is 39.4. The van der Waals surface area contributed by atoms with Crippen LogP contribution in [-0.2, 0) is 5.41 Å². The van der Waals surface area contributed by atoms with Gasteiger partial charge in [-0.15, -0.1) is 0 Å². The van der Waals surface area contributed by atoms with Crippen molar-refractivity contribution in [3.05, 3.63) is 254 Å². The molecule has 0 fully saturated rings. The summed E-state index contributed by atoms with van der Waals surface area (Å²) in [6.45, 7) is 4.74. The highest BCUT2D eigenvalue weighted by molar-refractivity contribution is 6.13. The van der Waals surface area contributed by atoms with E-state index in [0.717, 1.165) is 50.6 Å². The van der Waals surface area contributed by atoms with Gasteiger partial charge in [-0.05, 0) is 123 Å². The summed E-state index contributed by atoms with van der Waals surface area (Å²) in [5.74, 6) is 0.698. The molecule has 13 aromatic rings. The summed E-state index contributed by atoms with van der Waals surface area (Å²) in [6.07, 6.45) is 0. The third-order valence-corrected chi connectivity index (χ3v) is 14.9. The van der Waals surface area contributed by atoms with Crippen LogP contribution in [0.3, 0.4) is 0 Å². The van der Waals surface area contributed by atoms with Gasteiger partial charge in [0.1, 0.15) is 0 Å². The molecule has 0 unspecified atom stereocenters. The fraction of sp³-hybridized carbons (Fsp3) is 0.0448. The molecule has 4 heteroatoms. The Morgan fingerprint density at radius 3 is 1.49 bits per heavy atom. The molecular formula is C67H46N4. The first-order chi connectivity index (χ1) is 34.9. The first-order valence-corrected chi connectivity index (χ1v) is 24.5. The van der Waals surface area contributed by atoms with E-state index in [9.17, 15) is 0 Å². The molecule has 0 amide bonds. The van der Waals surface area contributed by atoms with Crippen LogP contribution >= 0.6 is 0 Å². The van der Waals surface area contributed by atoms with E-state index < -0.39 is 0 Å². The molecule has 0 bridgehead atoms. The summed E-state index contributed by atoms with van der Waals surface area (Å²) in [5, 5.41) is 4.95. The van der Waals surface area contributed by atoms with Gasteiger partial charge in [-0.3, -0.25) is 0 Å². The van der Waals surface area contributed by atoms with Crippen molar-refractivity contribution in [2.24, 2.45) is 0 Å². The molecule has 0 radical (unpaired) electrons. The van der Waals surface area contributed by atoms with E-state index in [2.05, 4.69) is 254 Å². The Kier molecular flexibility index (Phi) is 9.21. The normalized spacial score (nSPS) is 12.8. The summed E-state index contributed by atoms with van der Waals surface area (Å²) in [6, 6.07) is 87.9. The highest BCUT2D eigenvalue weighted by Gasteiger charge is 2.36. The summed E-state index contributed by atoms with van der Waals surface area (Å²) in [5.41, 5.74) is 21.8. The lowest BCUT2D eigenvalue weighted by atomic mass is 9.82. The molecule has 3 heterocycles. The number of para-hydroxylation sites is 2. The van der Waals surface area contributed by atoms with Gasteiger partial charge in [0.05, 0.1) is 33.5 Å². The molecule has 10 aromatic carbocycles. The molecule has 334 valence electrons. The van der Waals surface area contributed by atoms with Gasteiger partial charge in [-0.25, -0.2) is 9.97 Å². The summed E-state index contributed by atoms with van der Waals surface area (Å²) < 4.78 is 4.85. The van der Waals surface area contributed by atoms with Crippen molar-refractivity contribution < 1.29 is 0 Å². The lowest BCUT2D eigenvalue weighted by Crippen LogP contribution is -2.14.